The van der Waals surface area contributed by atoms with Crippen molar-refractivity contribution in [2.24, 2.45) is 0 Å². The molecule has 4 heteroatoms. The molecule has 0 saturated carbocycles. The number of alkyl carbamates (subject to hydrolysis) is 1. The van der Waals surface area contributed by atoms with E-state index >= 15 is 0 Å². The number of carbonyl (C=O) groups is 1. The normalized spacial score (nSPS) is 13.0. The van der Waals surface area contributed by atoms with Gasteiger partial charge in [0.2, 0.25) is 0 Å². The predicted octanol–water partition coefficient (Wildman–Crippen LogP) is 3.59. The Morgan fingerprint density at radius 1 is 1.19 bits per heavy atom. The summed E-state index contributed by atoms with van der Waals surface area (Å²) in [6.07, 6.45) is -0.365. The first-order chi connectivity index (χ1) is 9.87. The molecule has 1 aromatic rings. The minimum Gasteiger partial charge on any atom is -0.444 e. The van der Waals surface area contributed by atoms with Crippen LogP contribution in [0.4, 0.5) is 4.79 Å². The van der Waals surface area contributed by atoms with E-state index in [4.69, 9.17) is 4.74 Å². The fourth-order valence-corrected chi connectivity index (χ4v) is 2.29. The zero-order valence-corrected chi connectivity index (χ0v) is 13.8. The molecule has 0 spiro atoms. The molecule has 4 nitrogen and oxygen atoms in total. The maximum absolute atomic E-state index is 11.8. The Kier molecular flexibility index (Phi) is 6.69. The lowest BCUT2D eigenvalue weighted by atomic mass is 10.1. The molecular weight excluding hydrogens is 264 g/mol. The van der Waals surface area contributed by atoms with Crippen molar-refractivity contribution < 1.29 is 9.53 Å². The quantitative estimate of drug-likeness (QED) is 0.871. The smallest absolute Gasteiger partial charge is 0.407 e. The molecule has 0 aromatic heterocycles. The zero-order valence-electron chi connectivity index (χ0n) is 13.8. The summed E-state index contributed by atoms with van der Waals surface area (Å²) in [6.45, 7) is 12.3. The first-order valence-corrected chi connectivity index (χ1v) is 7.63. The van der Waals surface area contributed by atoms with Crippen molar-refractivity contribution in [1.29, 1.82) is 0 Å². The van der Waals surface area contributed by atoms with Gasteiger partial charge in [-0.25, -0.2) is 4.79 Å². The molecule has 0 radical (unpaired) electrons. The second-order valence-corrected chi connectivity index (χ2v) is 6.03. The maximum atomic E-state index is 11.8. The van der Waals surface area contributed by atoms with Crippen molar-refractivity contribution in [3.05, 3.63) is 35.9 Å². The van der Waals surface area contributed by atoms with E-state index in [1.54, 1.807) is 0 Å². The average Bonchev–Trinajstić information content (AvgIpc) is 2.42. The zero-order chi connectivity index (χ0) is 15.9. The molecule has 1 aromatic carbocycles. The number of nitrogens with zero attached hydrogens (tertiary/aromatic N) is 1. The van der Waals surface area contributed by atoms with E-state index in [0.29, 0.717) is 6.54 Å². The van der Waals surface area contributed by atoms with Crippen LogP contribution < -0.4 is 5.32 Å². The van der Waals surface area contributed by atoms with Crippen molar-refractivity contribution in [2.45, 2.75) is 46.3 Å². The number of benzene rings is 1. The fourth-order valence-electron chi connectivity index (χ4n) is 2.29. The van der Waals surface area contributed by atoms with Crippen molar-refractivity contribution in [3.8, 4) is 0 Å². The Hall–Kier alpha value is -1.55. The minimum atomic E-state index is -0.471. The number of carbonyl (C=O) groups excluding carboxylic acids is 1. The van der Waals surface area contributed by atoms with Crippen LogP contribution in [0.15, 0.2) is 30.3 Å². The molecule has 0 fully saturated rings. The van der Waals surface area contributed by atoms with E-state index in [2.05, 4.69) is 36.2 Å². The van der Waals surface area contributed by atoms with Gasteiger partial charge in [-0.15, -0.1) is 0 Å². The topological polar surface area (TPSA) is 41.6 Å². The standard InChI is InChI=1S/C17H28N2O2/c1-6-19(7-2)15(14-11-9-8-10-12-14)13-18-16(20)21-17(3,4)5/h8-12,15H,6-7,13H2,1-5H3,(H,18,20)/t15-/m0/s1. The Bertz CT molecular complexity index is 422. The van der Waals surface area contributed by atoms with Crippen molar-refractivity contribution >= 4 is 6.09 Å². The molecule has 0 aliphatic heterocycles. The van der Waals surface area contributed by atoms with Crippen LogP contribution in [0.2, 0.25) is 0 Å². The van der Waals surface area contributed by atoms with Gasteiger partial charge in [-0.1, -0.05) is 44.2 Å². The van der Waals surface area contributed by atoms with Crippen molar-refractivity contribution in [2.75, 3.05) is 19.6 Å². The van der Waals surface area contributed by atoms with E-state index in [9.17, 15) is 4.79 Å². The minimum absolute atomic E-state index is 0.161. The summed E-state index contributed by atoms with van der Waals surface area (Å²) in [7, 11) is 0. The van der Waals surface area contributed by atoms with Gasteiger partial charge in [0.25, 0.3) is 0 Å². The van der Waals surface area contributed by atoms with Gasteiger partial charge >= 0.3 is 6.09 Å². The summed E-state index contributed by atoms with van der Waals surface area (Å²) >= 11 is 0. The summed E-state index contributed by atoms with van der Waals surface area (Å²) in [5.74, 6) is 0. The molecule has 0 bridgehead atoms. The second kappa shape index (κ2) is 8.03. The third-order valence-electron chi connectivity index (χ3n) is 3.28. The van der Waals surface area contributed by atoms with Crippen LogP contribution in [0.1, 0.15) is 46.2 Å². The van der Waals surface area contributed by atoms with Crippen molar-refractivity contribution in [3.63, 3.8) is 0 Å². The molecule has 0 aliphatic rings. The predicted molar refractivity (Wildman–Crippen MR) is 86.3 cm³/mol. The van der Waals surface area contributed by atoms with Gasteiger partial charge in [-0.2, -0.15) is 0 Å². The van der Waals surface area contributed by atoms with Crippen LogP contribution in [-0.2, 0) is 4.74 Å². The molecule has 0 heterocycles. The highest BCUT2D eigenvalue weighted by Crippen LogP contribution is 2.19. The number of rotatable bonds is 6. The summed E-state index contributed by atoms with van der Waals surface area (Å²) in [6, 6.07) is 10.4. The molecule has 1 rings (SSSR count). The van der Waals surface area contributed by atoms with E-state index < -0.39 is 5.60 Å². The molecule has 1 amide bonds. The molecule has 1 N–H and O–H groups in total. The van der Waals surface area contributed by atoms with Gasteiger partial charge in [0.15, 0.2) is 0 Å². The van der Waals surface area contributed by atoms with Gasteiger partial charge in [0, 0.05) is 6.54 Å². The number of hydrogen-bond donors (Lipinski definition) is 1. The highest BCUT2D eigenvalue weighted by atomic mass is 16.6. The van der Waals surface area contributed by atoms with Crippen molar-refractivity contribution in [1.82, 2.24) is 10.2 Å². The summed E-state index contributed by atoms with van der Waals surface area (Å²) in [4.78, 5) is 14.2. The third kappa shape index (κ3) is 6.17. The summed E-state index contributed by atoms with van der Waals surface area (Å²) in [5, 5.41) is 2.88. The third-order valence-corrected chi connectivity index (χ3v) is 3.28. The summed E-state index contributed by atoms with van der Waals surface area (Å²) in [5.41, 5.74) is 0.735. The molecule has 118 valence electrons. The van der Waals surface area contributed by atoms with Gasteiger partial charge in [0.05, 0.1) is 6.04 Å². The monoisotopic (exact) mass is 292 g/mol. The first kappa shape index (κ1) is 17.5. The molecule has 0 saturated heterocycles. The Morgan fingerprint density at radius 2 is 1.76 bits per heavy atom. The van der Waals surface area contributed by atoms with E-state index in [1.165, 1.54) is 5.56 Å². The number of likely N-dealkylation sites (N-methyl/N-ethyl adjacent to an activating group) is 1. The summed E-state index contributed by atoms with van der Waals surface area (Å²) < 4.78 is 5.30. The lowest BCUT2D eigenvalue weighted by Gasteiger charge is -2.30. The lowest BCUT2D eigenvalue weighted by Crippen LogP contribution is -2.40. The molecular formula is C17H28N2O2. The highest BCUT2D eigenvalue weighted by Gasteiger charge is 2.21. The first-order valence-electron chi connectivity index (χ1n) is 7.63. The Labute approximate surface area is 128 Å². The van der Waals surface area contributed by atoms with E-state index in [0.717, 1.165) is 13.1 Å². The van der Waals surface area contributed by atoms with Crippen LogP contribution in [0.5, 0.6) is 0 Å². The average molecular weight is 292 g/mol. The van der Waals surface area contributed by atoms with E-state index in [1.807, 2.05) is 39.0 Å². The van der Waals surface area contributed by atoms with Gasteiger partial charge in [-0.3, -0.25) is 4.90 Å². The van der Waals surface area contributed by atoms with Crippen LogP contribution >= 0.6 is 0 Å². The van der Waals surface area contributed by atoms with Gasteiger partial charge in [-0.05, 0) is 39.4 Å². The van der Waals surface area contributed by atoms with Crippen LogP contribution in [0.25, 0.3) is 0 Å². The molecule has 1 atom stereocenters. The molecule has 21 heavy (non-hydrogen) atoms. The van der Waals surface area contributed by atoms with Crippen LogP contribution in [0, 0.1) is 0 Å². The number of hydrogen-bond acceptors (Lipinski definition) is 3. The van der Waals surface area contributed by atoms with E-state index in [-0.39, 0.29) is 12.1 Å². The van der Waals surface area contributed by atoms with Crippen LogP contribution in [-0.4, -0.2) is 36.2 Å². The molecule has 0 aliphatic carbocycles. The van der Waals surface area contributed by atoms with Gasteiger partial charge in [0.1, 0.15) is 5.60 Å². The maximum Gasteiger partial charge on any atom is 0.407 e. The number of ether oxygens (including phenoxy) is 1. The molecule has 0 unspecified atom stereocenters. The largest absolute Gasteiger partial charge is 0.444 e. The fraction of sp³-hybridized carbons (Fsp3) is 0.588. The van der Waals surface area contributed by atoms with Gasteiger partial charge < -0.3 is 10.1 Å². The SMILES string of the molecule is CCN(CC)[C@@H](CNC(=O)OC(C)(C)C)c1ccccc1. The van der Waals surface area contributed by atoms with Crippen LogP contribution in [0.3, 0.4) is 0 Å². The Balaban J connectivity index is 2.73. The second-order valence-electron chi connectivity index (χ2n) is 6.03. The lowest BCUT2D eigenvalue weighted by molar-refractivity contribution is 0.0508. The number of nitrogens with one attached hydrogen (secondary N) is 1. The highest BCUT2D eigenvalue weighted by molar-refractivity contribution is 5.67. The Morgan fingerprint density at radius 3 is 2.24 bits per heavy atom. The number of amides is 1.